The third-order valence-electron chi connectivity index (χ3n) is 4.58. The molecule has 0 heterocycles. The van der Waals surface area contributed by atoms with E-state index in [4.69, 9.17) is 15.8 Å². The summed E-state index contributed by atoms with van der Waals surface area (Å²) in [5.41, 5.74) is 0. The van der Waals surface area contributed by atoms with Gasteiger partial charge in [0.25, 0.3) is 0 Å². The topological polar surface area (TPSA) is 174 Å². The fourth-order valence-electron chi connectivity index (χ4n) is 2.70. The monoisotopic (exact) mass is 515 g/mol. The molecule has 0 aliphatic heterocycles. The summed E-state index contributed by atoms with van der Waals surface area (Å²) in [5, 5.41) is 24.6. The number of carbonyl (C=O) groups is 6. The molecule has 0 saturated heterocycles. The maximum absolute atomic E-state index is 10.8. The molecule has 1 radical (unpaired) electrons. The van der Waals surface area contributed by atoms with Gasteiger partial charge in [-0.05, 0) is 60.8 Å². The normalized spacial score (nSPS) is 9.00. The molecule has 0 N–H and O–H groups in total. The summed E-state index contributed by atoms with van der Waals surface area (Å²) in [6.07, 6.45) is 1.89. The van der Waals surface area contributed by atoms with Crippen molar-refractivity contribution in [1.29, 1.82) is 15.8 Å². The molecule has 0 rings (SSSR count). The van der Waals surface area contributed by atoms with Crippen LogP contribution in [0.2, 0.25) is 0 Å². The molecule has 0 saturated carbocycles. The van der Waals surface area contributed by atoms with Gasteiger partial charge >= 0.3 is 17.1 Å². The second-order valence-corrected chi connectivity index (χ2v) is 7.41. The Hall–Kier alpha value is -2.99. The molecule has 0 aromatic rings. The van der Waals surface area contributed by atoms with E-state index >= 15 is 0 Å². The summed E-state index contributed by atoms with van der Waals surface area (Å²) in [7, 11) is 0. The van der Waals surface area contributed by atoms with Gasteiger partial charge in [0.2, 0.25) is 0 Å². The number of hydrogen-bond acceptors (Lipinski definition) is 9. The van der Waals surface area contributed by atoms with Crippen LogP contribution in [-0.2, 0) is 45.8 Å². The molecule has 9 nitrogen and oxygen atoms in total. The Morgan fingerprint density at radius 2 is 0.618 bits per heavy atom. The van der Waals surface area contributed by atoms with Gasteiger partial charge in [-0.25, -0.2) is 0 Å². The average Bonchev–Trinajstić information content (AvgIpc) is 2.68. The Morgan fingerprint density at radius 1 is 0.471 bits per heavy atom. The zero-order valence-corrected chi connectivity index (χ0v) is 21.7. The van der Waals surface area contributed by atoms with Gasteiger partial charge in [0.1, 0.15) is 34.7 Å². The third-order valence-corrected chi connectivity index (χ3v) is 4.58. The van der Waals surface area contributed by atoms with Crippen LogP contribution in [-0.4, -0.2) is 34.7 Å². The van der Waals surface area contributed by atoms with E-state index in [2.05, 4.69) is 0 Å². The Labute approximate surface area is 212 Å². The van der Waals surface area contributed by atoms with Crippen LogP contribution in [0.4, 0.5) is 0 Å². The van der Waals surface area contributed by atoms with Gasteiger partial charge in [-0.15, -0.1) is 0 Å². The first-order valence-electron chi connectivity index (χ1n) is 10.4. The molecule has 0 fully saturated rings. The Morgan fingerprint density at radius 3 is 0.706 bits per heavy atom. The maximum Gasteiger partial charge on any atom is 3.00 e. The SMILES string of the molecule is CC(=O)C(CCC#N)C(C)=O.CC(=O)C(CCC#N)C(C)=O.CC(=O)C(CCC#N)C(C)=O.[Fe+3]. The van der Waals surface area contributed by atoms with Gasteiger partial charge in [-0.1, -0.05) is 0 Å². The van der Waals surface area contributed by atoms with Crippen LogP contribution >= 0.6 is 0 Å². The van der Waals surface area contributed by atoms with Crippen molar-refractivity contribution in [3.8, 4) is 18.2 Å². The summed E-state index contributed by atoms with van der Waals surface area (Å²) >= 11 is 0. The molecule has 0 aliphatic rings. The molecule has 185 valence electrons. The largest absolute Gasteiger partial charge is 3.00 e. The predicted octanol–water partition coefficient (Wildman–Crippen LogP) is 3.25. The summed E-state index contributed by atoms with van der Waals surface area (Å²) in [6.45, 7) is 8.27. The molecule has 0 unspecified atom stereocenters. The van der Waals surface area contributed by atoms with Gasteiger partial charge in [-0.3, -0.25) is 28.8 Å². The van der Waals surface area contributed by atoms with Crippen molar-refractivity contribution < 1.29 is 45.8 Å². The number of ketones is 6. The predicted molar refractivity (Wildman–Crippen MR) is 119 cm³/mol. The van der Waals surface area contributed by atoms with E-state index in [0.29, 0.717) is 19.3 Å². The van der Waals surface area contributed by atoms with Gasteiger partial charge in [0.15, 0.2) is 0 Å². The third kappa shape index (κ3) is 20.9. The minimum atomic E-state index is -0.561. The van der Waals surface area contributed by atoms with Crippen molar-refractivity contribution in [2.75, 3.05) is 0 Å². The molecule has 0 spiro atoms. The molecule has 10 heteroatoms. The van der Waals surface area contributed by atoms with E-state index in [1.165, 1.54) is 41.5 Å². The van der Waals surface area contributed by atoms with Gasteiger partial charge < -0.3 is 0 Å². The molecule has 34 heavy (non-hydrogen) atoms. The van der Waals surface area contributed by atoms with E-state index < -0.39 is 17.8 Å². The standard InChI is InChI=1S/3C8H11NO2.Fe/c3*1-6(10)8(7(2)11)4-3-5-9;/h3*8H,3-4H2,1-2H3;/q;;;+3. The zero-order chi connectivity index (χ0) is 26.6. The number of rotatable bonds is 12. The number of nitrogens with zero attached hydrogens (tertiary/aromatic N) is 3. The Balaban J connectivity index is -0.000000196. The molecular formula is C24H33FeN3O6+3. The molecule has 0 amide bonds. The summed E-state index contributed by atoms with van der Waals surface area (Å²) in [4.78, 5) is 64.6. The molecule has 0 bridgehead atoms. The Kier molecular flexibility index (Phi) is 26.1. The van der Waals surface area contributed by atoms with E-state index in [9.17, 15) is 28.8 Å². The van der Waals surface area contributed by atoms with Crippen LogP contribution in [0.3, 0.4) is 0 Å². The van der Waals surface area contributed by atoms with E-state index in [1.54, 1.807) is 0 Å². The summed E-state index contributed by atoms with van der Waals surface area (Å²) < 4.78 is 0. The number of Topliss-reactive ketones (excluding diaryl/α,β-unsaturated/α-hetero) is 6. The molecule has 0 aromatic heterocycles. The van der Waals surface area contributed by atoms with Crippen LogP contribution in [0.1, 0.15) is 80.1 Å². The minimum Gasteiger partial charge on any atom is -0.299 e. The van der Waals surface area contributed by atoms with Gasteiger partial charge in [-0.2, -0.15) is 15.8 Å². The minimum absolute atomic E-state index is 0. The number of nitriles is 3. The van der Waals surface area contributed by atoms with Crippen molar-refractivity contribution in [3.05, 3.63) is 0 Å². The van der Waals surface area contributed by atoms with Crippen molar-refractivity contribution in [1.82, 2.24) is 0 Å². The van der Waals surface area contributed by atoms with Crippen molar-refractivity contribution in [3.63, 3.8) is 0 Å². The number of carbonyl (C=O) groups excluding carboxylic acids is 6. The van der Waals surface area contributed by atoms with Crippen LogP contribution in [0, 0.1) is 51.7 Å². The second-order valence-electron chi connectivity index (χ2n) is 7.41. The summed E-state index contributed by atoms with van der Waals surface area (Å²) in [5.74, 6) is -2.56. The van der Waals surface area contributed by atoms with E-state index in [0.717, 1.165) is 0 Å². The second kappa shape index (κ2) is 23.2. The number of hydrogen-bond donors (Lipinski definition) is 0. The van der Waals surface area contributed by atoms with Gasteiger partial charge in [0, 0.05) is 19.3 Å². The summed E-state index contributed by atoms with van der Waals surface area (Å²) in [6, 6.07) is 5.71. The first kappa shape index (κ1) is 38.3. The molecular weight excluding hydrogens is 482 g/mol. The van der Waals surface area contributed by atoms with Crippen molar-refractivity contribution >= 4 is 34.7 Å². The van der Waals surface area contributed by atoms with E-state index in [-0.39, 0.29) is 71.0 Å². The molecule has 0 aliphatic carbocycles. The van der Waals surface area contributed by atoms with Crippen LogP contribution < -0.4 is 0 Å². The smallest absolute Gasteiger partial charge is 0.299 e. The van der Waals surface area contributed by atoms with Crippen LogP contribution in [0.15, 0.2) is 0 Å². The Bertz CT molecular complexity index is 682. The van der Waals surface area contributed by atoms with Crippen LogP contribution in [0.5, 0.6) is 0 Å². The fraction of sp³-hybridized carbons (Fsp3) is 0.625. The van der Waals surface area contributed by atoms with Crippen molar-refractivity contribution in [2.45, 2.75) is 80.1 Å². The van der Waals surface area contributed by atoms with E-state index in [1.807, 2.05) is 18.2 Å². The van der Waals surface area contributed by atoms with Crippen LogP contribution in [0.25, 0.3) is 0 Å². The maximum atomic E-state index is 10.8. The molecule has 0 atom stereocenters. The molecule has 0 aromatic carbocycles. The average molecular weight is 515 g/mol. The quantitative estimate of drug-likeness (QED) is 0.279. The fourth-order valence-corrected chi connectivity index (χ4v) is 2.70. The van der Waals surface area contributed by atoms with Crippen molar-refractivity contribution in [2.24, 2.45) is 17.8 Å². The zero-order valence-electron chi connectivity index (χ0n) is 20.6. The first-order chi connectivity index (χ1) is 15.3. The first-order valence-corrected chi connectivity index (χ1v) is 10.4. The van der Waals surface area contributed by atoms with Gasteiger partial charge in [0.05, 0.1) is 36.0 Å².